The fraction of sp³-hybridized carbons (Fsp3) is 0. The number of benzene rings is 8. The Morgan fingerprint density at radius 2 is 1.04 bits per heavy atom. The SMILES string of the molecule is c1ccc(-n2c3ccccc3c3cc(N(c4ccc5cc6oc7ccccc7c6cc5c4)c4cccc5oc6ccccc6c45)ccc32)cc1. The highest BCUT2D eigenvalue weighted by Crippen LogP contribution is 2.45. The molecule has 4 nitrogen and oxygen atoms in total. The van der Waals surface area contributed by atoms with Gasteiger partial charge in [-0.2, -0.15) is 0 Å². The molecule has 0 N–H and O–H groups in total. The lowest BCUT2D eigenvalue weighted by Gasteiger charge is -2.27. The molecule has 0 unspecified atom stereocenters. The van der Waals surface area contributed by atoms with E-state index < -0.39 is 0 Å². The molecule has 0 aliphatic carbocycles. The summed E-state index contributed by atoms with van der Waals surface area (Å²) in [6.07, 6.45) is 0. The minimum atomic E-state index is 0.864. The van der Waals surface area contributed by atoms with E-state index in [0.717, 1.165) is 77.4 Å². The monoisotopic (exact) mass is 640 g/mol. The summed E-state index contributed by atoms with van der Waals surface area (Å²) in [5.41, 5.74) is 10.2. The molecule has 3 heterocycles. The fourth-order valence-corrected chi connectivity index (χ4v) is 7.92. The van der Waals surface area contributed by atoms with Gasteiger partial charge in [-0.1, -0.05) is 84.9 Å². The van der Waals surface area contributed by atoms with Crippen LogP contribution in [0.3, 0.4) is 0 Å². The van der Waals surface area contributed by atoms with Gasteiger partial charge in [-0.3, -0.25) is 0 Å². The zero-order valence-corrected chi connectivity index (χ0v) is 26.9. The Morgan fingerprint density at radius 3 is 1.92 bits per heavy atom. The van der Waals surface area contributed by atoms with Gasteiger partial charge < -0.3 is 18.3 Å². The van der Waals surface area contributed by atoms with Gasteiger partial charge >= 0.3 is 0 Å². The summed E-state index contributed by atoms with van der Waals surface area (Å²) in [7, 11) is 0. The van der Waals surface area contributed by atoms with Crippen molar-refractivity contribution in [3.05, 3.63) is 170 Å². The second-order valence-electron chi connectivity index (χ2n) is 13.0. The van der Waals surface area contributed by atoms with Gasteiger partial charge in [0.05, 0.1) is 22.1 Å². The Hall–Kier alpha value is -6.78. The number of fused-ring (bicyclic) bond motifs is 10. The maximum atomic E-state index is 6.41. The van der Waals surface area contributed by atoms with Gasteiger partial charge in [0.15, 0.2) is 0 Å². The van der Waals surface area contributed by atoms with Crippen molar-refractivity contribution >= 4 is 93.5 Å². The number of aromatic nitrogens is 1. The molecule has 0 aliphatic rings. The Balaban J connectivity index is 1.20. The maximum absolute atomic E-state index is 6.41. The van der Waals surface area contributed by atoms with E-state index >= 15 is 0 Å². The first kappa shape index (κ1) is 27.2. The molecule has 0 radical (unpaired) electrons. The van der Waals surface area contributed by atoms with Crippen molar-refractivity contribution in [1.82, 2.24) is 4.57 Å². The highest BCUT2D eigenvalue weighted by molar-refractivity contribution is 6.16. The summed E-state index contributed by atoms with van der Waals surface area (Å²) in [5, 5.41) is 9.13. The number of hydrogen-bond donors (Lipinski definition) is 0. The van der Waals surface area contributed by atoms with E-state index in [4.69, 9.17) is 8.83 Å². The standard InChI is InChI=1S/C46H28N2O2/c1-2-11-31(12-3-1)48-39-16-7-4-13-34(39)37-28-33(23-24-40(37)48)47(41-17-10-20-44-46(41)36-15-6-9-19-43(36)49-44)32-22-21-29-27-45-38(26-30(29)25-32)35-14-5-8-18-42(35)50-45/h1-28H. The van der Waals surface area contributed by atoms with Crippen molar-refractivity contribution in [2.75, 3.05) is 4.90 Å². The Labute approximate surface area is 286 Å². The van der Waals surface area contributed by atoms with Crippen LogP contribution in [-0.4, -0.2) is 4.57 Å². The Morgan fingerprint density at radius 1 is 0.380 bits per heavy atom. The van der Waals surface area contributed by atoms with E-state index in [-0.39, 0.29) is 0 Å². The second-order valence-corrected chi connectivity index (χ2v) is 13.0. The molecule has 8 aromatic carbocycles. The quantitative estimate of drug-likeness (QED) is 0.192. The number of hydrogen-bond acceptors (Lipinski definition) is 3. The molecule has 3 aromatic heterocycles. The molecule has 0 saturated heterocycles. The predicted molar refractivity (Wildman–Crippen MR) is 208 cm³/mol. The molecule has 0 fully saturated rings. The van der Waals surface area contributed by atoms with E-state index in [1.807, 2.05) is 24.3 Å². The van der Waals surface area contributed by atoms with Gasteiger partial charge in [0.2, 0.25) is 0 Å². The average molecular weight is 641 g/mol. The molecule has 0 bridgehead atoms. The van der Waals surface area contributed by atoms with Crippen LogP contribution in [0.15, 0.2) is 179 Å². The van der Waals surface area contributed by atoms with Gasteiger partial charge in [0.25, 0.3) is 0 Å². The number of rotatable bonds is 4. The molecule has 0 aliphatic heterocycles. The smallest absolute Gasteiger partial charge is 0.137 e. The summed E-state index contributed by atoms with van der Waals surface area (Å²) in [6, 6.07) is 60.2. The zero-order chi connectivity index (χ0) is 32.8. The number of nitrogens with zero attached hydrogens (tertiary/aromatic N) is 2. The Bertz CT molecular complexity index is 3110. The third-order valence-corrected chi connectivity index (χ3v) is 10.1. The third kappa shape index (κ3) is 3.93. The molecule has 0 amide bonds. The van der Waals surface area contributed by atoms with Crippen molar-refractivity contribution in [2.24, 2.45) is 0 Å². The van der Waals surface area contributed by atoms with Crippen molar-refractivity contribution in [2.45, 2.75) is 0 Å². The van der Waals surface area contributed by atoms with Crippen molar-refractivity contribution < 1.29 is 8.83 Å². The number of para-hydroxylation sites is 4. The normalized spacial score (nSPS) is 12.0. The molecule has 11 aromatic rings. The fourth-order valence-electron chi connectivity index (χ4n) is 7.92. The molecule has 11 rings (SSSR count). The van der Waals surface area contributed by atoms with Crippen LogP contribution in [0, 0.1) is 0 Å². The number of anilines is 3. The van der Waals surface area contributed by atoms with Crippen molar-refractivity contribution in [3.63, 3.8) is 0 Å². The van der Waals surface area contributed by atoms with Crippen LogP contribution >= 0.6 is 0 Å². The van der Waals surface area contributed by atoms with E-state index in [0.29, 0.717) is 0 Å². The molecule has 0 saturated carbocycles. The largest absolute Gasteiger partial charge is 0.456 e. The highest BCUT2D eigenvalue weighted by Gasteiger charge is 2.22. The van der Waals surface area contributed by atoms with Crippen LogP contribution < -0.4 is 4.90 Å². The summed E-state index contributed by atoms with van der Waals surface area (Å²) < 4.78 is 15.0. The second kappa shape index (κ2) is 10.4. The summed E-state index contributed by atoms with van der Waals surface area (Å²) in [5.74, 6) is 0. The highest BCUT2D eigenvalue weighted by atomic mass is 16.3. The van der Waals surface area contributed by atoms with Crippen molar-refractivity contribution in [1.29, 1.82) is 0 Å². The Kier molecular flexibility index (Phi) is 5.63. The van der Waals surface area contributed by atoms with Crippen LogP contribution in [0.25, 0.3) is 82.1 Å². The van der Waals surface area contributed by atoms with Gasteiger partial charge in [-0.25, -0.2) is 0 Å². The minimum Gasteiger partial charge on any atom is -0.456 e. The van der Waals surface area contributed by atoms with E-state index in [2.05, 4.69) is 155 Å². The summed E-state index contributed by atoms with van der Waals surface area (Å²) >= 11 is 0. The molecule has 234 valence electrons. The maximum Gasteiger partial charge on any atom is 0.137 e. The first-order chi connectivity index (χ1) is 24.8. The number of furan rings is 2. The van der Waals surface area contributed by atoms with Gasteiger partial charge in [-0.15, -0.1) is 0 Å². The van der Waals surface area contributed by atoms with Crippen LogP contribution in [0.2, 0.25) is 0 Å². The van der Waals surface area contributed by atoms with Gasteiger partial charge in [-0.05, 0) is 95.7 Å². The van der Waals surface area contributed by atoms with Crippen LogP contribution in [0.4, 0.5) is 17.1 Å². The topological polar surface area (TPSA) is 34.5 Å². The average Bonchev–Trinajstić information content (AvgIpc) is 3.84. The lowest BCUT2D eigenvalue weighted by atomic mass is 10.0. The van der Waals surface area contributed by atoms with Crippen molar-refractivity contribution in [3.8, 4) is 5.69 Å². The minimum absolute atomic E-state index is 0.864. The van der Waals surface area contributed by atoms with Gasteiger partial charge in [0.1, 0.15) is 22.3 Å². The summed E-state index contributed by atoms with van der Waals surface area (Å²) in [4.78, 5) is 2.38. The van der Waals surface area contributed by atoms with Crippen LogP contribution in [0.5, 0.6) is 0 Å². The first-order valence-electron chi connectivity index (χ1n) is 16.9. The molecule has 4 heteroatoms. The molecular formula is C46H28N2O2. The zero-order valence-electron chi connectivity index (χ0n) is 26.9. The van der Waals surface area contributed by atoms with E-state index in [1.54, 1.807) is 0 Å². The molecule has 50 heavy (non-hydrogen) atoms. The lowest BCUT2D eigenvalue weighted by molar-refractivity contribution is 0.668. The van der Waals surface area contributed by atoms with Crippen LogP contribution in [-0.2, 0) is 0 Å². The molecule has 0 atom stereocenters. The van der Waals surface area contributed by atoms with E-state index in [1.165, 1.54) is 21.8 Å². The first-order valence-corrected chi connectivity index (χ1v) is 16.9. The van der Waals surface area contributed by atoms with Crippen LogP contribution in [0.1, 0.15) is 0 Å². The molecule has 0 spiro atoms. The molecular weight excluding hydrogens is 613 g/mol. The third-order valence-electron chi connectivity index (χ3n) is 10.1. The lowest BCUT2D eigenvalue weighted by Crippen LogP contribution is -2.10. The van der Waals surface area contributed by atoms with E-state index in [9.17, 15) is 0 Å². The summed E-state index contributed by atoms with van der Waals surface area (Å²) in [6.45, 7) is 0. The predicted octanol–water partition coefficient (Wildman–Crippen LogP) is 13.2. The van der Waals surface area contributed by atoms with Gasteiger partial charge in [0, 0.05) is 44.0 Å².